The summed E-state index contributed by atoms with van der Waals surface area (Å²) in [5.41, 5.74) is 0. The molecule has 172 valence electrons. The number of hydrogen-bond acceptors (Lipinski definition) is 3. The molecule has 0 bridgehead atoms. The molecule has 1 aromatic carbocycles. The molecule has 7 heteroatoms. The van der Waals surface area contributed by atoms with Gasteiger partial charge in [0.05, 0.1) is 6.61 Å². The topological polar surface area (TPSA) is 32.8 Å². The molecule has 0 unspecified atom stereocenters. The van der Waals surface area contributed by atoms with Crippen LogP contribution in [0.2, 0.25) is 0 Å². The first-order chi connectivity index (χ1) is 15.0. The number of ether oxygens (including phenoxy) is 1. The van der Waals surface area contributed by atoms with Crippen molar-refractivity contribution in [3.8, 4) is 5.75 Å². The Balaban J connectivity index is 1.20. The summed E-state index contributed by atoms with van der Waals surface area (Å²) in [4.78, 5) is 17.5. The summed E-state index contributed by atoms with van der Waals surface area (Å²) in [5, 5.41) is 0. The number of carbonyl (C=O) groups excluding carboxylic acids is 1. The molecular weight excluding hydrogens is 405 g/mol. The normalized spacial score (nSPS) is 22.6. The summed E-state index contributed by atoms with van der Waals surface area (Å²) < 4.78 is 45.8. The van der Waals surface area contributed by atoms with Gasteiger partial charge in [-0.15, -0.1) is 0 Å². The van der Waals surface area contributed by atoms with Crippen LogP contribution in [0.1, 0.15) is 57.8 Å². The molecule has 0 atom stereocenters. The zero-order valence-electron chi connectivity index (χ0n) is 18.1. The monoisotopic (exact) mass is 438 g/mol. The molecule has 1 aromatic rings. The van der Waals surface area contributed by atoms with Gasteiger partial charge in [-0.25, -0.2) is 13.2 Å². The Morgan fingerprint density at radius 1 is 0.871 bits per heavy atom. The highest BCUT2D eigenvalue weighted by atomic mass is 19.1. The Hall–Kier alpha value is -1.76. The van der Waals surface area contributed by atoms with Crippen molar-refractivity contribution in [2.75, 3.05) is 32.8 Å². The van der Waals surface area contributed by atoms with Gasteiger partial charge < -0.3 is 14.5 Å². The lowest BCUT2D eigenvalue weighted by molar-refractivity contribution is -0.139. The van der Waals surface area contributed by atoms with Crippen LogP contribution in [0.4, 0.5) is 13.2 Å². The molecular formula is C24H33F3N2O2. The van der Waals surface area contributed by atoms with E-state index < -0.39 is 23.2 Å². The van der Waals surface area contributed by atoms with Crippen LogP contribution >= 0.6 is 0 Å². The Morgan fingerprint density at radius 2 is 1.48 bits per heavy atom. The fourth-order valence-electron chi connectivity index (χ4n) is 5.40. The van der Waals surface area contributed by atoms with Gasteiger partial charge in [-0.2, -0.15) is 0 Å². The second kappa shape index (κ2) is 10.2. The number of rotatable bonds is 5. The number of amides is 1. The smallest absolute Gasteiger partial charge is 0.225 e. The molecule has 2 saturated heterocycles. The van der Waals surface area contributed by atoms with Gasteiger partial charge in [0, 0.05) is 37.2 Å². The fourth-order valence-corrected chi connectivity index (χ4v) is 5.40. The average Bonchev–Trinajstić information content (AvgIpc) is 2.79. The molecule has 4 nitrogen and oxygen atoms in total. The van der Waals surface area contributed by atoms with E-state index in [2.05, 4.69) is 4.90 Å². The van der Waals surface area contributed by atoms with Crippen molar-refractivity contribution in [1.82, 2.24) is 9.80 Å². The predicted octanol–water partition coefficient (Wildman–Crippen LogP) is 4.77. The van der Waals surface area contributed by atoms with Gasteiger partial charge in [0.25, 0.3) is 0 Å². The number of likely N-dealkylation sites (tertiary alicyclic amines) is 2. The van der Waals surface area contributed by atoms with Crippen LogP contribution in [0.5, 0.6) is 5.75 Å². The zero-order valence-corrected chi connectivity index (χ0v) is 18.1. The summed E-state index contributed by atoms with van der Waals surface area (Å²) in [6.45, 7) is 3.54. The molecule has 0 aromatic heterocycles. The minimum absolute atomic E-state index is 0.120. The molecule has 1 aliphatic carbocycles. The van der Waals surface area contributed by atoms with Gasteiger partial charge in [-0.3, -0.25) is 4.79 Å². The molecule has 1 saturated carbocycles. The predicted molar refractivity (Wildman–Crippen MR) is 112 cm³/mol. The number of piperidine rings is 2. The highest BCUT2D eigenvalue weighted by Gasteiger charge is 2.33. The van der Waals surface area contributed by atoms with Crippen LogP contribution < -0.4 is 4.74 Å². The lowest BCUT2D eigenvalue weighted by atomic mass is 9.89. The molecule has 2 heterocycles. The molecule has 3 fully saturated rings. The van der Waals surface area contributed by atoms with Crippen LogP contribution in [0.25, 0.3) is 0 Å². The summed E-state index contributed by atoms with van der Waals surface area (Å²) >= 11 is 0. The van der Waals surface area contributed by atoms with E-state index in [1.165, 1.54) is 32.1 Å². The number of hydrogen-bond donors (Lipinski definition) is 0. The van der Waals surface area contributed by atoms with E-state index in [1.807, 2.05) is 4.90 Å². The van der Waals surface area contributed by atoms with E-state index in [-0.39, 0.29) is 24.3 Å². The molecule has 2 aliphatic heterocycles. The molecule has 3 aliphatic rings. The summed E-state index contributed by atoms with van der Waals surface area (Å²) in [5.74, 6) is -3.02. The van der Waals surface area contributed by atoms with Crippen molar-refractivity contribution in [2.24, 2.45) is 11.8 Å². The van der Waals surface area contributed by atoms with E-state index in [0.717, 1.165) is 44.8 Å². The Bertz CT molecular complexity index is 730. The second-order valence-corrected chi connectivity index (χ2v) is 9.38. The summed E-state index contributed by atoms with van der Waals surface area (Å²) in [7, 11) is 0. The fraction of sp³-hybridized carbons (Fsp3) is 0.708. The van der Waals surface area contributed by atoms with Gasteiger partial charge in [0.2, 0.25) is 5.91 Å². The molecule has 1 amide bonds. The number of nitrogens with zero attached hydrogens (tertiary/aromatic N) is 2. The van der Waals surface area contributed by atoms with Crippen LogP contribution in [0, 0.1) is 29.3 Å². The lowest BCUT2D eigenvalue weighted by Gasteiger charge is -2.41. The van der Waals surface area contributed by atoms with E-state index in [4.69, 9.17) is 4.74 Å². The van der Waals surface area contributed by atoms with Crippen LogP contribution in [-0.2, 0) is 4.79 Å². The highest BCUT2D eigenvalue weighted by molar-refractivity contribution is 5.79. The third-order valence-corrected chi connectivity index (χ3v) is 7.32. The minimum Gasteiger partial charge on any atom is -0.487 e. The van der Waals surface area contributed by atoms with Crippen molar-refractivity contribution in [3.63, 3.8) is 0 Å². The van der Waals surface area contributed by atoms with Gasteiger partial charge in [0.15, 0.2) is 17.4 Å². The van der Waals surface area contributed by atoms with E-state index in [0.29, 0.717) is 25.2 Å². The Kier molecular flexibility index (Phi) is 7.41. The minimum atomic E-state index is -1.02. The largest absolute Gasteiger partial charge is 0.487 e. The van der Waals surface area contributed by atoms with E-state index in [9.17, 15) is 18.0 Å². The van der Waals surface area contributed by atoms with Gasteiger partial charge in [-0.05, 0) is 57.5 Å². The highest BCUT2D eigenvalue weighted by Crippen LogP contribution is 2.29. The SMILES string of the molecule is O=C(C1CCN(C2CCCCC2)CC1)N1CCC(COc2c(F)cc(F)cc2F)CC1. The first-order valence-electron chi connectivity index (χ1n) is 11.8. The quantitative estimate of drug-likeness (QED) is 0.664. The maximum atomic E-state index is 13.7. The first kappa shape index (κ1) is 22.4. The first-order valence-corrected chi connectivity index (χ1v) is 11.8. The van der Waals surface area contributed by atoms with Crippen LogP contribution in [0.15, 0.2) is 12.1 Å². The van der Waals surface area contributed by atoms with Crippen LogP contribution in [0.3, 0.4) is 0 Å². The lowest BCUT2D eigenvalue weighted by Crippen LogP contribution is -2.48. The second-order valence-electron chi connectivity index (χ2n) is 9.38. The Morgan fingerprint density at radius 3 is 2.10 bits per heavy atom. The van der Waals surface area contributed by atoms with Crippen molar-refractivity contribution >= 4 is 5.91 Å². The van der Waals surface area contributed by atoms with Gasteiger partial charge in [-0.1, -0.05) is 19.3 Å². The van der Waals surface area contributed by atoms with Gasteiger partial charge in [0.1, 0.15) is 5.82 Å². The maximum Gasteiger partial charge on any atom is 0.225 e. The average molecular weight is 439 g/mol. The van der Waals surface area contributed by atoms with Crippen molar-refractivity contribution in [2.45, 2.75) is 63.8 Å². The number of carbonyl (C=O) groups is 1. The molecule has 31 heavy (non-hydrogen) atoms. The number of benzene rings is 1. The van der Waals surface area contributed by atoms with E-state index in [1.54, 1.807) is 0 Å². The van der Waals surface area contributed by atoms with E-state index >= 15 is 0 Å². The van der Waals surface area contributed by atoms with Crippen molar-refractivity contribution in [3.05, 3.63) is 29.6 Å². The third kappa shape index (κ3) is 5.54. The van der Waals surface area contributed by atoms with Crippen molar-refractivity contribution in [1.29, 1.82) is 0 Å². The van der Waals surface area contributed by atoms with Crippen molar-refractivity contribution < 1.29 is 22.7 Å². The zero-order chi connectivity index (χ0) is 21.8. The summed E-state index contributed by atoms with van der Waals surface area (Å²) in [6, 6.07) is 1.97. The molecule has 0 N–H and O–H groups in total. The molecule has 0 spiro atoms. The number of halogens is 3. The third-order valence-electron chi connectivity index (χ3n) is 7.32. The van der Waals surface area contributed by atoms with Crippen LogP contribution in [-0.4, -0.2) is 54.5 Å². The Labute approximate surface area is 182 Å². The molecule has 4 rings (SSSR count). The molecule has 0 radical (unpaired) electrons. The summed E-state index contributed by atoms with van der Waals surface area (Å²) in [6.07, 6.45) is 10.0. The maximum absolute atomic E-state index is 13.7. The standard InChI is InChI=1S/C24H33F3N2O2/c25-19-14-21(26)23(22(27)15-19)31-16-17-6-10-29(11-7-17)24(30)18-8-12-28(13-9-18)20-4-2-1-3-5-20/h14-15,17-18,20H,1-13,16H2. The van der Waals surface area contributed by atoms with Gasteiger partial charge >= 0.3 is 0 Å².